The molecule has 4 rings (SSSR count). The fraction of sp³-hybridized carbons (Fsp3) is 0.150. The van der Waals surface area contributed by atoms with Crippen molar-refractivity contribution in [2.24, 2.45) is 0 Å². The zero-order chi connectivity index (χ0) is 17.9. The van der Waals surface area contributed by atoms with Gasteiger partial charge in [-0.1, -0.05) is 18.2 Å². The lowest BCUT2D eigenvalue weighted by Gasteiger charge is -2.03. The molecule has 26 heavy (non-hydrogen) atoms. The summed E-state index contributed by atoms with van der Waals surface area (Å²) >= 11 is 1.41. The molecule has 5 nitrogen and oxygen atoms in total. The summed E-state index contributed by atoms with van der Waals surface area (Å²) in [5, 5.41) is 5.06. The van der Waals surface area contributed by atoms with Crippen LogP contribution >= 0.6 is 11.3 Å². The molecule has 1 aromatic carbocycles. The van der Waals surface area contributed by atoms with E-state index in [2.05, 4.69) is 32.4 Å². The van der Waals surface area contributed by atoms with Crippen LogP contribution < -0.4 is 5.32 Å². The number of hydrogen-bond acceptors (Lipinski definition) is 4. The number of carbonyl (C=O) groups excluding carboxylic acids is 1. The molecule has 0 radical (unpaired) electrons. The second kappa shape index (κ2) is 7.09. The quantitative estimate of drug-likeness (QED) is 0.564. The molecule has 0 saturated carbocycles. The van der Waals surface area contributed by atoms with E-state index in [1.165, 1.54) is 22.3 Å². The number of fused-ring (bicyclic) bond motifs is 1. The number of nitrogens with zero attached hydrogens (tertiary/aromatic N) is 2. The van der Waals surface area contributed by atoms with E-state index in [0.29, 0.717) is 11.4 Å². The number of thiazole rings is 1. The van der Waals surface area contributed by atoms with Crippen molar-refractivity contribution in [3.8, 4) is 10.6 Å². The Labute approximate surface area is 155 Å². The van der Waals surface area contributed by atoms with Gasteiger partial charge >= 0.3 is 0 Å². The number of aryl methyl sites for hydroxylation is 1. The Kier molecular flexibility index (Phi) is 4.50. The molecule has 0 unspecified atom stereocenters. The first-order valence-electron chi connectivity index (χ1n) is 8.43. The zero-order valence-electron chi connectivity index (χ0n) is 14.3. The fourth-order valence-electron chi connectivity index (χ4n) is 2.95. The summed E-state index contributed by atoms with van der Waals surface area (Å²) in [6.07, 6.45) is 6.25. The number of H-pyrrole nitrogens is 1. The van der Waals surface area contributed by atoms with Crippen molar-refractivity contribution in [2.45, 2.75) is 13.3 Å². The number of amides is 1. The Balaban J connectivity index is 1.43. The topological polar surface area (TPSA) is 70.7 Å². The molecule has 0 aliphatic rings. The van der Waals surface area contributed by atoms with E-state index >= 15 is 0 Å². The summed E-state index contributed by atoms with van der Waals surface area (Å²) in [6, 6.07) is 12.0. The van der Waals surface area contributed by atoms with Gasteiger partial charge < -0.3 is 10.3 Å². The number of nitrogens with one attached hydrogen (secondary N) is 2. The van der Waals surface area contributed by atoms with E-state index in [0.717, 1.165) is 28.2 Å². The number of pyridine rings is 1. The average molecular weight is 362 g/mol. The summed E-state index contributed by atoms with van der Waals surface area (Å²) < 4.78 is 0. The molecule has 0 aliphatic heterocycles. The molecule has 130 valence electrons. The lowest BCUT2D eigenvalue weighted by atomic mass is 10.1. The highest BCUT2D eigenvalue weighted by atomic mass is 32.1. The van der Waals surface area contributed by atoms with Gasteiger partial charge in [0.15, 0.2) is 0 Å². The molecular weight excluding hydrogens is 344 g/mol. The number of benzene rings is 1. The lowest BCUT2D eigenvalue weighted by Crippen LogP contribution is -2.25. The minimum Gasteiger partial charge on any atom is -0.361 e. The van der Waals surface area contributed by atoms with Crippen LogP contribution in [0.5, 0.6) is 0 Å². The molecule has 4 aromatic rings. The van der Waals surface area contributed by atoms with Crippen LogP contribution in [0.1, 0.15) is 20.9 Å². The molecule has 0 spiro atoms. The standard InChI is InChI=1S/C20H18N4OS/c1-13-18(26-20(24-13)14-6-9-21-10-7-14)19(25)22-11-8-15-12-23-17-5-3-2-4-16(15)17/h2-7,9-10,12,23H,8,11H2,1H3,(H,22,25). The van der Waals surface area contributed by atoms with E-state index in [1.807, 2.05) is 37.4 Å². The number of aromatic nitrogens is 3. The number of carbonyl (C=O) groups is 1. The number of aromatic amines is 1. The van der Waals surface area contributed by atoms with E-state index in [1.54, 1.807) is 12.4 Å². The highest BCUT2D eigenvalue weighted by molar-refractivity contribution is 7.17. The van der Waals surface area contributed by atoms with Crippen molar-refractivity contribution < 1.29 is 4.79 Å². The van der Waals surface area contributed by atoms with Crippen LogP contribution in [0, 0.1) is 6.92 Å². The van der Waals surface area contributed by atoms with Crippen molar-refractivity contribution in [3.63, 3.8) is 0 Å². The van der Waals surface area contributed by atoms with E-state index in [9.17, 15) is 4.79 Å². The fourth-order valence-corrected chi connectivity index (χ4v) is 3.94. The van der Waals surface area contributed by atoms with Crippen molar-refractivity contribution in [3.05, 3.63) is 71.1 Å². The molecule has 0 saturated heterocycles. The first-order chi connectivity index (χ1) is 12.7. The van der Waals surface area contributed by atoms with Gasteiger partial charge in [-0.3, -0.25) is 9.78 Å². The van der Waals surface area contributed by atoms with Crippen molar-refractivity contribution >= 4 is 28.1 Å². The number of para-hydroxylation sites is 1. The van der Waals surface area contributed by atoms with Crippen molar-refractivity contribution in [2.75, 3.05) is 6.54 Å². The lowest BCUT2D eigenvalue weighted by molar-refractivity contribution is 0.0957. The van der Waals surface area contributed by atoms with Gasteiger partial charge in [0.1, 0.15) is 9.88 Å². The predicted molar refractivity (Wildman–Crippen MR) is 104 cm³/mol. The third-order valence-electron chi connectivity index (χ3n) is 4.28. The summed E-state index contributed by atoms with van der Waals surface area (Å²) in [4.78, 5) is 25.0. The van der Waals surface area contributed by atoms with Crippen LogP contribution in [0.15, 0.2) is 55.0 Å². The first-order valence-corrected chi connectivity index (χ1v) is 9.25. The van der Waals surface area contributed by atoms with Gasteiger partial charge in [0.2, 0.25) is 0 Å². The average Bonchev–Trinajstić information content (AvgIpc) is 3.26. The first kappa shape index (κ1) is 16.5. The van der Waals surface area contributed by atoms with Gasteiger partial charge in [0, 0.05) is 41.6 Å². The monoisotopic (exact) mass is 362 g/mol. The molecule has 1 amide bonds. The number of hydrogen-bond donors (Lipinski definition) is 2. The Morgan fingerprint density at radius 1 is 1.19 bits per heavy atom. The predicted octanol–water partition coefficient (Wildman–Crippen LogP) is 3.97. The second-order valence-electron chi connectivity index (χ2n) is 6.03. The van der Waals surface area contributed by atoms with Crippen LogP contribution in [-0.4, -0.2) is 27.4 Å². The Hall–Kier alpha value is -2.99. The SMILES string of the molecule is Cc1nc(-c2ccncc2)sc1C(=O)NCCc1c[nH]c2ccccc12. The summed E-state index contributed by atoms with van der Waals surface area (Å²) in [6.45, 7) is 2.46. The van der Waals surface area contributed by atoms with Gasteiger partial charge in [0.05, 0.1) is 5.69 Å². The normalized spacial score (nSPS) is 11.0. The van der Waals surface area contributed by atoms with Crippen LogP contribution in [0.4, 0.5) is 0 Å². The van der Waals surface area contributed by atoms with E-state index in [4.69, 9.17) is 0 Å². The van der Waals surface area contributed by atoms with Gasteiger partial charge in [-0.25, -0.2) is 4.98 Å². The van der Waals surface area contributed by atoms with Gasteiger partial charge in [-0.05, 0) is 37.1 Å². The largest absolute Gasteiger partial charge is 0.361 e. The molecule has 3 heterocycles. The van der Waals surface area contributed by atoms with Crippen molar-refractivity contribution in [1.82, 2.24) is 20.3 Å². The molecule has 0 bridgehead atoms. The van der Waals surface area contributed by atoms with E-state index < -0.39 is 0 Å². The van der Waals surface area contributed by atoms with Crippen LogP contribution in [-0.2, 0) is 6.42 Å². The smallest absolute Gasteiger partial charge is 0.263 e. The molecule has 6 heteroatoms. The molecule has 0 aliphatic carbocycles. The highest BCUT2D eigenvalue weighted by Gasteiger charge is 2.16. The van der Waals surface area contributed by atoms with Crippen LogP contribution in [0.25, 0.3) is 21.5 Å². The molecule has 0 atom stereocenters. The Morgan fingerprint density at radius 3 is 2.85 bits per heavy atom. The molecule has 2 N–H and O–H groups in total. The zero-order valence-corrected chi connectivity index (χ0v) is 15.1. The third-order valence-corrected chi connectivity index (χ3v) is 5.49. The molecule has 0 fully saturated rings. The second-order valence-corrected chi connectivity index (χ2v) is 7.03. The van der Waals surface area contributed by atoms with Crippen LogP contribution in [0.2, 0.25) is 0 Å². The maximum atomic E-state index is 12.5. The van der Waals surface area contributed by atoms with Crippen molar-refractivity contribution in [1.29, 1.82) is 0 Å². The maximum Gasteiger partial charge on any atom is 0.263 e. The Morgan fingerprint density at radius 2 is 2.00 bits per heavy atom. The molecular formula is C20H18N4OS. The number of rotatable bonds is 5. The van der Waals surface area contributed by atoms with Crippen LogP contribution in [0.3, 0.4) is 0 Å². The molecule has 3 aromatic heterocycles. The van der Waals surface area contributed by atoms with Gasteiger partial charge in [-0.15, -0.1) is 11.3 Å². The van der Waals surface area contributed by atoms with Gasteiger partial charge in [0.25, 0.3) is 5.91 Å². The Bertz CT molecular complexity index is 1050. The third kappa shape index (κ3) is 3.23. The summed E-state index contributed by atoms with van der Waals surface area (Å²) in [7, 11) is 0. The van der Waals surface area contributed by atoms with E-state index in [-0.39, 0.29) is 5.91 Å². The van der Waals surface area contributed by atoms with Gasteiger partial charge in [-0.2, -0.15) is 0 Å². The minimum atomic E-state index is -0.0693. The highest BCUT2D eigenvalue weighted by Crippen LogP contribution is 2.27. The maximum absolute atomic E-state index is 12.5. The summed E-state index contributed by atoms with van der Waals surface area (Å²) in [5.74, 6) is -0.0693. The summed E-state index contributed by atoms with van der Waals surface area (Å²) in [5.41, 5.74) is 4.06. The minimum absolute atomic E-state index is 0.0693.